The molecule has 0 radical (unpaired) electrons. The second-order valence-electron chi connectivity index (χ2n) is 8.47. The third-order valence-corrected chi connectivity index (χ3v) is 6.00. The molecule has 0 aliphatic carbocycles. The van der Waals surface area contributed by atoms with E-state index in [1.165, 1.54) is 0 Å². The SMILES string of the molecule is O=C(Nc1ccc2nc(-c3ccccc3)c(-c3ccccc3)nc2c1)NC1NN=CN1c1ccccc1. The van der Waals surface area contributed by atoms with E-state index < -0.39 is 6.29 Å². The Balaban J connectivity index is 1.27. The lowest BCUT2D eigenvalue weighted by molar-refractivity contribution is 0.247. The van der Waals surface area contributed by atoms with Gasteiger partial charge in [0.15, 0.2) is 6.29 Å². The summed E-state index contributed by atoms with van der Waals surface area (Å²) in [7, 11) is 0. The number of nitrogens with zero attached hydrogens (tertiary/aromatic N) is 4. The van der Waals surface area contributed by atoms with Crippen LogP contribution in [0.4, 0.5) is 16.2 Å². The maximum Gasteiger partial charge on any atom is 0.322 e. The Bertz CT molecular complexity index is 1570. The van der Waals surface area contributed by atoms with Crippen molar-refractivity contribution >= 4 is 34.8 Å². The van der Waals surface area contributed by atoms with Crippen molar-refractivity contribution in [3.05, 3.63) is 109 Å². The van der Waals surface area contributed by atoms with Crippen molar-refractivity contribution in [3.63, 3.8) is 0 Å². The highest BCUT2D eigenvalue weighted by atomic mass is 16.2. The minimum atomic E-state index is -0.513. The quantitative estimate of drug-likeness (QED) is 0.309. The van der Waals surface area contributed by atoms with Crippen LogP contribution in [0.1, 0.15) is 0 Å². The Labute approximate surface area is 213 Å². The molecule has 4 aromatic carbocycles. The van der Waals surface area contributed by atoms with E-state index in [1.807, 2.05) is 114 Å². The zero-order valence-corrected chi connectivity index (χ0v) is 19.7. The Hall–Kier alpha value is -5.24. The number of carbonyl (C=O) groups is 1. The summed E-state index contributed by atoms with van der Waals surface area (Å²) in [6.07, 6.45) is 1.13. The molecule has 0 saturated heterocycles. The van der Waals surface area contributed by atoms with Crippen LogP contribution in [0.25, 0.3) is 33.5 Å². The van der Waals surface area contributed by atoms with Gasteiger partial charge in [-0.05, 0) is 30.3 Å². The first-order valence-corrected chi connectivity index (χ1v) is 11.9. The van der Waals surface area contributed by atoms with E-state index in [9.17, 15) is 4.79 Å². The Morgan fingerprint density at radius 2 is 1.32 bits per heavy atom. The molecular weight excluding hydrogens is 462 g/mol. The highest BCUT2D eigenvalue weighted by Gasteiger charge is 2.23. The van der Waals surface area contributed by atoms with Gasteiger partial charge in [-0.15, -0.1) is 0 Å². The maximum atomic E-state index is 12.8. The van der Waals surface area contributed by atoms with Crippen molar-refractivity contribution in [1.29, 1.82) is 0 Å². The number of rotatable bonds is 5. The largest absolute Gasteiger partial charge is 0.322 e. The molecule has 0 saturated carbocycles. The number of hydrogen-bond acceptors (Lipinski definition) is 6. The molecule has 6 rings (SSSR count). The number of para-hydroxylation sites is 1. The second-order valence-corrected chi connectivity index (χ2v) is 8.47. The lowest BCUT2D eigenvalue weighted by Gasteiger charge is -2.24. The lowest BCUT2D eigenvalue weighted by Crippen LogP contribution is -2.52. The molecule has 8 nitrogen and oxygen atoms in total. The van der Waals surface area contributed by atoms with Crippen LogP contribution in [0, 0.1) is 0 Å². The van der Waals surface area contributed by atoms with E-state index in [-0.39, 0.29) is 6.03 Å². The van der Waals surface area contributed by atoms with Crippen LogP contribution in [-0.4, -0.2) is 28.6 Å². The molecule has 1 atom stereocenters. The first-order chi connectivity index (χ1) is 18.2. The van der Waals surface area contributed by atoms with E-state index in [4.69, 9.17) is 9.97 Å². The van der Waals surface area contributed by atoms with Gasteiger partial charge in [-0.2, -0.15) is 5.10 Å². The number of aromatic nitrogens is 2. The summed E-state index contributed by atoms with van der Waals surface area (Å²) in [6, 6.07) is 34.8. The molecule has 0 bridgehead atoms. The number of hydrazone groups is 1. The smallest absolute Gasteiger partial charge is 0.308 e. The fourth-order valence-corrected chi connectivity index (χ4v) is 4.23. The molecule has 1 aromatic heterocycles. The van der Waals surface area contributed by atoms with E-state index >= 15 is 0 Å². The van der Waals surface area contributed by atoms with Crippen molar-refractivity contribution < 1.29 is 4.79 Å². The lowest BCUT2D eigenvalue weighted by atomic mass is 10.0. The van der Waals surface area contributed by atoms with E-state index in [1.54, 1.807) is 6.34 Å². The van der Waals surface area contributed by atoms with Crippen LogP contribution >= 0.6 is 0 Å². The van der Waals surface area contributed by atoms with Crippen molar-refractivity contribution in [2.75, 3.05) is 10.2 Å². The average molecular weight is 486 g/mol. The first kappa shape index (κ1) is 22.2. The molecule has 2 heterocycles. The Morgan fingerprint density at radius 3 is 1.97 bits per heavy atom. The fraction of sp³-hybridized carbons (Fsp3) is 0.0345. The first-order valence-electron chi connectivity index (χ1n) is 11.9. The van der Waals surface area contributed by atoms with Crippen LogP contribution in [0.3, 0.4) is 0 Å². The number of nitrogens with one attached hydrogen (secondary N) is 3. The van der Waals surface area contributed by atoms with Gasteiger partial charge in [0.25, 0.3) is 0 Å². The number of anilines is 2. The number of benzene rings is 4. The average Bonchev–Trinajstić information content (AvgIpc) is 3.41. The van der Waals surface area contributed by atoms with E-state index in [0.717, 1.165) is 33.7 Å². The molecular formula is C29H23N7O. The van der Waals surface area contributed by atoms with E-state index in [2.05, 4.69) is 21.2 Å². The van der Waals surface area contributed by atoms with Gasteiger partial charge >= 0.3 is 6.03 Å². The third-order valence-electron chi connectivity index (χ3n) is 6.00. The van der Waals surface area contributed by atoms with E-state index in [0.29, 0.717) is 11.2 Å². The normalized spacial score (nSPS) is 14.4. The highest BCUT2D eigenvalue weighted by Crippen LogP contribution is 2.31. The molecule has 1 aliphatic heterocycles. The third kappa shape index (κ3) is 4.68. The van der Waals surface area contributed by atoms with Crippen LogP contribution in [0.15, 0.2) is 114 Å². The standard InChI is InChI=1S/C29H23N7O/c37-29(34-28-35-30-19-36(28)23-14-8-3-9-15-23)31-22-16-17-24-25(18-22)33-27(21-12-6-2-7-13-21)26(32-24)20-10-4-1-5-11-20/h1-19,28,35H,(H2,31,34,37). The minimum Gasteiger partial charge on any atom is -0.308 e. The van der Waals surface area contributed by atoms with Gasteiger partial charge in [-0.1, -0.05) is 78.9 Å². The summed E-state index contributed by atoms with van der Waals surface area (Å²) in [4.78, 5) is 24.6. The predicted octanol–water partition coefficient (Wildman–Crippen LogP) is 5.42. The van der Waals surface area contributed by atoms with Gasteiger partial charge in [0.1, 0.15) is 6.34 Å². The molecule has 8 heteroatoms. The summed E-state index contributed by atoms with van der Waals surface area (Å²) < 4.78 is 0. The summed E-state index contributed by atoms with van der Waals surface area (Å²) in [6.45, 7) is 0. The Kier molecular flexibility index (Phi) is 5.88. The zero-order valence-electron chi connectivity index (χ0n) is 19.7. The van der Waals surface area contributed by atoms with Crippen molar-refractivity contribution in [1.82, 2.24) is 20.7 Å². The number of urea groups is 1. The maximum absolute atomic E-state index is 12.8. The number of carbonyl (C=O) groups excluding carboxylic acids is 1. The monoisotopic (exact) mass is 485 g/mol. The molecule has 1 unspecified atom stereocenters. The highest BCUT2D eigenvalue weighted by molar-refractivity contribution is 5.94. The fourth-order valence-electron chi connectivity index (χ4n) is 4.23. The number of amides is 2. The van der Waals surface area contributed by atoms with Gasteiger partial charge in [0.05, 0.1) is 22.4 Å². The van der Waals surface area contributed by atoms with Gasteiger partial charge in [0.2, 0.25) is 0 Å². The number of fused-ring (bicyclic) bond motifs is 1. The van der Waals surface area contributed by atoms with Crippen molar-refractivity contribution in [3.8, 4) is 22.5 Å². The molecule has 37 heavy (non-hydrogen) atoms. The van der Waals surface area contributed by atoms with Gasteiger partial charge < -0.3 is 5.32 Å². The molecule has 1 aliphatic rings. The molecule has 5 aromatic rings. The van der Waals surface area contributed by atoms with Crippen LogP contribution in [0.2, 0.25) is 0 Å². The summed E-state index contributed by atoms with van der Waals surface area (Å²) >= 11 is 0. The molecule has 0 spiro atoms. The minimum absolute atomic E-state index is 0.375. The van der Waals surface area contributed by atoms with Crippen LogP contribution in [-0.2, 0) is 0 Å². The van der Waals surface area contributed by atoms with Gasteiger partial charge in [-0.25, -0.2) is 14.8 Å². The van der Waals surface area contributed by atoms with Gasteiger partial charge in [0, 0.05) is 22.5 Å². The van der Waals surface area contributed by atoms with Crippen molar-refractivity contribution in [2.45, 2.75) is 6.29 Å². The predicted molar refractivity (Wildman–Crippen MR) is 147 cm³/mol. The Morgan fingerprint density at radius 1 is 0.730 bits per heavy atom. The molecule has 2 amide bonds. The van der Waals surface area contributed by atoms with Gasteiger partial charge in [-0.3, -0.25) is 15.6 Å². The van der Waals surface area contributed by atoms with Crippen LogP contribution < -0.4 is 21.0 Å². The number of hydrogen-bond donors (Lipinski definition) is 3. The van der Waals surface area contributed by atoms with Crippen LogP contribution in [0.5, 0.6) is 0 Å². The summed E-state index contributed by atoms with van der Waals surface area (Å²) in [5.41, 5.74) is 9.40. The van der Waals surface area contributed by atoms with Crippen molar-refractivity contribution in [2.24, 2.45) is 5.10 Å². The second kappa shape index (κ2) is 9.79. The topological polar surface area (TPSA) is 94.5 Å². The summed E-state index contributed by atoms with van der Waals surface area (Å²) in [5.74, 6) is 0. The molecule has 180 valence electrons. The summed E-state index contributed by atoms with van der Waals surface area (Å²) in [5, 5.41) is 9.88. The zero-order chi connectivity index (χ0) is 25.0. The molecule has 3 N–H and O–H groups in total. The molecule has 0 fully saturated rings.